The highest BCUT2D eigenvalue weighted by Gasteiger charge is 2.21. The molecular formula is C13H22N2O4. The fourth-order valence-corrected chi connectivity index (χ4v) is 1.96. The van der Waals surface area contributed by atoms with Crippen LogP contribution in [0.3, 0.4) is 0 Å². The van der Waals surface area contributed by atoms with Gasteiger partial charge in [-0.3, -0.25) is 0 Å². The molecule has 19 heavy (non-hydrogen) atoms. The number of phenols is 3. The van der Waals surface area contributed by atoms with Crippen molar-refractivity contribution in [3.8, 4) is 17.2 Å². The first-order valence-corrected chi connectivity index (χ1v) is 6.03. The average Bonchev–Trinajstić information content (AvgIpc) is 2.27. The van der Waals surface area contributed by atoms with E-state index in [1.165, 1.54) is 12.1 Å². The van der Waals surface area contributed by atoms with Gasteiger partial charge in [0.15, 0.2) is 11.5 Å². The zero-order chi connectivity index (χ0) is 14.6. The van der Waals surface area contributed by atoms with E-state index in [1.807, 2.05) is 19.0 Å². The summed E-state index contributed by atoms with van der Waals surface area (Å²) in [6.45, 7) is 2.84. The van der Waals surface area contributed by atoms with Crippen molar-refractivity contribution in [3.05, 3.63) is 17.7 Å². The predicted molar refractivity (Wildman–Crippen MR) is 72.3 cm³/mol. The second-order valence-electron chi connectivity index (χ2n) is 5.28. The number of hydrogen-bond acceptors (Lipinski definition) is 6. The second kappa shape index (κ2) is 6.10. The van der Waals surface area contributed by atoms with E-state index < -0.39 is 11.4 Å². The number of phenolic OH excluding ortho intramolecular Hbond substituents is 3. The minimum Gasteiger partial charge on any atom is -0.504 e. The molecule has 0 saturated heterocycles. The third kappa shape index (κ3) is 4.59. The van der Waals surface area contributed by atoms with Crippen LogP contribution in [0, 0.1) is 0 Å². The smallest absolute Gasteiger partial charge is 0.200 e. The Morgan fingerprint density at radius 2 is 1.79 bits per heavy atom. The molecule has 5 N–H and O–H groups in total. The number of nitrogens with zero attached hydrogens (tertiary/aromatic N) is 1. The van der Waals surface area contributed by atoms with Crippen LogP contribution in [0.5, 0.6) is 17.2 Å². The maximum Gasteiger partial charge on any atom is 0.200 e. The Bertz CT molecular complexity index is 433. The maximum atomic E-state index is 10.1. The number of rotatable bonds is 6. The largest absolute Gasteiger partial charge is 0.504 e. The molecule has 0 aliphatic rings. The highest BCUT2D eigenvalue weighted by atomic mass is 16.3. The zero-order valence-electron chi connectivity index (χ0n) is 11.5. The molecule has 0 aliphatic heterocycles. The summed E-state index contributed by atoms with van der Waals surface area (Å²) in [6, 6.07) is 2.82. The molecule has 1 aromatic rings. The van der Waals surface area contributed by atoms with Crippen LogP contribution in [0.25, 0.3) is 0 Å². The Morgan fingerprint density at radius 3 is 2.37 bits per heavy atom. The summed E-state index contributed by atoms with van der Waals surface area (Å²) in [7, 11) is 3.75. The summed E-state index contributed by atoms with van der Waals surface area (Å²) in [5.41, 5.74) is -0.436. The molecule has 0 amide bonds. The van der Waals surface area contributed by atoms with Crippen molar-refractivity contribution in [2.24, 2.45) is 0 Å². The van der Waals surface area contributed by atoms with Gasteiger partial charge < -0.3 is 30.6 Å². The maximum absolute atomic E-state index is 10.1. The molecule has 0 spiro atoms. The van der Waals surface area contributed by atoms with Gasteiger partial charge in [-0.05, 0) is 27.1 Å². The van der Waals surface area contributed by atoms with E-state index in [0.29, 0.717) is 18.7 Å². The van der Waals surface area contributed by atoms with Crippen molar-refractivity contribution in [1.82, 2.24) is 10.2 Å². The lowest BCUT2D eigenvalue weighted by Gasteiger charge is -2.27. The Balaban J connectivity index is 2.57. The molecular weight excluding hydrogens is 248 g/mol. The van der Waals surface area contributed by atoms with E-state index in [1.54, 1.807) is 6.92 Å². The van der Waals surface area contributed by atoms with Gasteiger partial charge in [0, 0.05) is 25.2 Å². The van der Waals surface area contributed by atoms with Gasteiger partial charge in [-0.25, -0.2) is 0 Å². The molecule has 0 fully saturated rings. The van der Waals surface area contributed by atoms with Gasteiger partial charge in [0.05, 0.1) is 5.60 Å². The first-order chi connectivity index (χ1) is 8.73. The summed E-state index contributed by atoms with van der Waals surface area (Å²) in [5, 5.41) is 41.3. The summed E-state index contributed by atoms with van der Waals surface area (Å²) in [5.74, 6) is -1.24. The summed E-state index contributed by atoms with van der Waals surface area (Å²) >= 11 is 0. The highest BCUT2D eigenvalue weighted by Crippen LogP contribution is 2.36. The zero-order valence-corrected chi connectivity index (χ0v) is 11.5. The van der Waals surface area contributed by atoms with Crippen LogP contribution in [0.2, 0.25) is 0 Å². The number of aromatic hydroxyl groups is 3. The van der Waals surface area contributed by atoms with Gasteiger partial charge >= 0.3 is 0 Å². The van der Waals surface area contributed by atoms with Crippen LogP contribution in [0.4, 0.5) is 0 Å². The molecule has 108 valence electrons. The Kier molecular flexibility index (Phi) is 4.99. The Labute approximate surface area is 112 Å². The molecule has 6 nitrogen and oxygen atoms in total. The number of likely N-dealkylation sites (N-methyl/N-ethyl adjacent to an activating group) is 1. The molecule has 0 radical (unpaired) electrons. The molecule has 0 aromatic heterocycles. The van der Waals surface area contributed by atoms with Gasteiger partial charge in [-0.2, -0.15) is 0 Å². The molecule has 1 atom stereocenters. The highest BCUT2D eigenvalue weighted by molar-refractivity contribution is 5.52. The number of aliphatic hydroxyl groups is 1. The van der Waals surface area contributed by atoms with E-state index in [9.17, 15) is 20.4 Å². The SMILES string of the molecule is CN(C)CC(C)(O)CNCc1ccc(O)c(O)c1O. The minimum atomic E-state index is -0.891. The van der Waals surface area contributed by atoms with Crippen molar-refractivity contribution in [1.29, 1.82) is 0 Å². The van der Waals surface area contributed by atoms with Crippen molar-refractivity contribution in [3.63, 3.8) is 0 Å². The van der Waals surface area contributed by atoms with Gasteiger partial charge in [-0.15, -0.1) is 0 Å². The first-order valence-electron chi connectivity index (χ1n) is 6.03. The normalized spacial score (nSPS) is 14.6. The second-order valence-corrected chi connectivity index (χ2v) is 5.28. The third-order valence-electron chi connectivity index (χ3n) is 2.69. The van der Waals surface area contributed by atoms with Crippen LogP contribution in [0.1, 0.15) is 12.5 Å². The molecule has 0 bridgehead atoms. The third-order valence-corrected chi connectivity index (χ3v) is 2.69. The minimum absolute atomic E-state index is 0.281. The van der Waals surface area contributed by atoms with Crippen LogP contribution in [-0.2, 0) is 6.54 Å². The van der Waals surface area contributed by atoms with Gasteiger partial charge in [0.1, 0.15) is 0 Å². The van der Waals surface area contributed by atoms with Gasteiger partial charge in [-0.1, -0.05) is 6.07 Å². The monoisotopic (exact) mass is 270 g/mol. The van der Waals surface area contributed by atoms with Crippen LogP contribution in [0.15, 0.2) is 12.1 Å². The fourth-order valence-electron chi connectivity index (χ4n) is 1.96. The molecule has 0 heterocycles. The van der Waals surface area contributed by atoms with E-state index in [2.05, 4.69) is 5.32 Å². The lowest BCUT2D eigenvalue weighted by atomic mass is 10.1. The molecule has 0 aliphatic carbocycles. The fraction of sp³-hybridized carbons (Fsp3) is 0.538. The van der Waals surface area contributed by atoms with E-state index in [-0.39, 0.29) is 18.0 Å². The summed E-state index contributed by atoms with van der Waals surface area (Å²) in [6.07, 6.45) is 0. The molecule has 1 aromatic carbocycles. The number of hydrogen-bond donors (Lipinski definition) is 5. The Hall–Kier alpha value is -1.50. The molecule has 0 saturated carbocycles. The molecule has 1 rings (SSSR count). The van der Waals surface area contributed by atoms with Crippen LogP contribution in [-0.4, -0.2) is 58.1 Å². The lowest BCUT2D eigenvalue weighted by Crippen LogP contribution is -2.45. The summed E-state index contributed by atoms with van der Waals surface area (Å²) in [4.78, 5) is 1.88. The van der Waals surface area contributed by atoms with Crippen molar-refractivity contribution >= 4 is 0 Å². The van der Waals surface area contributed by atoms with Crippen LogP contribution >= 0.6 is 0 Å². The van der Waals surface area contributed by atoms with Crippen molar-refractivity contribution < 1.29 is 20.4 Å². The molecule has 6 heteroatoms. The quantitative estimate of drug-likeness (QED) is 0.474. The first kappa shape index (κ1) is 15.6. The average molecular weight is 270 g/mol. The van der Waals surface area contributed by atoms with E-state index in [0.717, 1.165) is 0 Å². The van der Waals surface area contributed by atoms with Crippen molar-refractivity contribution in [2.45, 2.75) is 19.1 Å². The lowest BCUT2D eigenvalue weighted by molar-refractivity contribution is 0.0335. The molecule has 1 unspecified atom stereocenters. The topological polar surface area (TPSA) is 96.2 Å². The number of benzene rings is 1. The standard InChI is InChI=1S/C13H22N2O4/c1-13(19,8-15(2)3)7-14-6-9-4-5-10(16)12(18)11(9)17/h4-5,14,16-19H,6-8H2,1-3H3. The van der Waals surface area contributed by atoms with Gasteiger partial charge in [0.25, 0.3) is 0 Å². The summed E-state index contributed by atoms with van der Waals surface area (Å²) < 4.78 is 0. The number of nitrogens with one attached hydrogen (secondary N) is 1. The van der Waals surface area contributed by atoms with E-state index >= 15 is 0 Å². The van der Waals surface area contributed by atoms with Crippen LogP contribution < -0.4 is 5.32 Å². The predicted octanol–water partition coefficient (Wildman–Crippen LogP) is 0.206. The van der Waals surface area contributed by atoms with E-state index in [4.69, 9.17) is 0 Å². The van der Waals surface area contributed by atoms with Crippen molar-refractivity contribution in [2.75, 3.05) is 27.2 Å². The Morgan fingerprint density at radius 1 is 1.16 bits per heavy atom. The van der Waals surface area contributed by atoms with Gasteiger partial charge in [0.2, 0.25) is 5.75 Å².